The van der Waals surface area contributed by atoms with Crippen LogP contribution in [0.1, 0.15) is 6.42 Å². The van der Waals surface area contributed by atoms with Crippen LogP contribution >= 0.6 is 27.5 Å². The topological polar surface area (TPSA) is 41.6 Å². The van der Waals surface area contributed by atoms with Crippen LogP contribution < -0.4 is 15.0 Å². The fourth-order valence-corrected chi connectivity index (χ4v) is 2.94. The molecule has 0 fully saturated rings. The number of hydrogen-bond acceptors (Lipinski definition) is 3. The Morgan fingerprint density at radius 1 is 1.25 bits per heavy atom. The first kappa shape index (κ1) is 18.6. The predicted molar refractivity (Wildman–Crippen MR) is 102 cm³/mol. The van der Waals surface area contributed by atoms with Gasteiger partial charge in [0.25, 0.3) is 5.91 Å². The number of amides is 1. The van der Waals surface area contributed by atoms with Crippen LogP contribution in [0.2, 0.25) is 5.02 Å². The fourth-order valence-electron chi connectivity index (χ4n) is 2.14. The zero-order chi connectivity index (χ0) is 17.4. The maximum atomic E-state index is 11.8. The number of para-hydroxylation sites is 1. The van der Waals surface area contributed by atoms with Crippen LogP contribution in [0, 0.1) is 0 Å². The number of benzene rings is 2. The minimum Gasteiger partial charge on any atom is -0.483 e. The van der Waals surface area contributed by atoms with Gasteiger partial charge in [-0.3, -0.25) is 4.79 Å². The van der Waals surface area contributed by atoms with Crippen molar-refractivity contribution in [2.45, 2.75) is 6.42 Å². The molecule has 0 aliphatic heterocycles. The van der Waals surface area contributed by atoms with Gasteiger partial charge in [0.1, 0.15) is 5.75 Å². The summed E-state index contributed by atoms with van der Waals surface area (Å²) in [6.45, 7) is 1.46. The molecule has 2 rings (SSSR count). The third kappa shape index (κ3) is 6.06. The van der Waals surface area contributed by atoms with Crippen molar-refractivity contribution >= 4 is 39.1 Å². The van der Waals surface area contributed by atoms with Gasteiger partial charge in [-0.1, -0.05) is 29.8 Å². The van der Waals surface area contributed by atoms with Crippen molar-refractivity contribution in [3.05, 3.63) is 58.0 Å². The standard InChI is InChI=1S/C18H20BrClN2O2/c1-22(15-6-3-2-4-7-15)11-5-10-21-18(23)13-24-17-9-8-14(20)12-16(17)19/h2-4,6-9,12H,5,10-11,13H2,1H3,(H,21,23). The summed E-state index contributed by atoms with van der Waals surface area (Å²) in [6, 6.07) is 15.3. The molecule has 0 unspecified atom stereocenters. The van der Waals surface area contributed by atoms with E-state index in [2.05, 4.69) is 38.3 Å². The van der Waals surface area contributed by atoms with Crippen molar-refractivity contribution in [1.82, 2.24) is 5.32 Å². The largest absolute Gasteiger partial charge is 0.483 e. The lowest BCUT2D eigenvalue weighted by molar-refractivity contribution is -0.123. The summed E-state index contributed by atoms with van der Waals surface area (Å²) in [5.74, 6) is 0.456. The first-order valence-corrected chi connectivity index (χ1v) is 8.84. The van der Waals surface area contributed by atoms with E-state index in [1.54, 1.807) is 18.2 Å². The van der Waals surface area contributed by atoms with E-state index < -0.39 is 0 Å². The van der Waals surface area contributed by atoms with Crippen molar-refractivity contribution in [3.8, 4) is 5.75 Å². The Bertz CT molecular complexity index is 667. The molecule has 0 saturated carbocycles. The lowest BCUT2D eigenvalue weighted by Crippen LogP contribution is -2.31. The molecule has 0 radical (unpaired) electrons. The molecule has 0 atom stereocenters. The molecule has 1 amide bonds. The van der Waals surface area contributed by atoms with Crippen molar-refractivity contribution in [2.24, 2.45) is 0 Å². The summed E-state index contributed by atoms with van der Waals surface area (Å²) in [6.07, 6.45) is 0.863. The first-order valence-electron chi connectivity index (χ1n) is 7.67. The minimum absolute atomic E-state index is 0.0191. The Morgan fingerprint density at radius 3 is 2.71 bits per heavy atom. The lowest BCUT2D eigenvalue weighted by Gasteiger charge is -2.19. The second-order valence-corrected chi connectivity index (χ2v) is 6.61. The molecule has 24 heavy (non-hydrogen) atoms. The molecule has 6 heteroatoms. The number of nitrogens with zero attached hydrogens (tertiary/aromatic N) is 1. The normalized spacial score (nSPS) is 10.3. The maximum Gasteiger partial charge on any atom is 0.257 e. The molecule has 0 bridgehead atoms. The van der Waals surface area contributed by atoms with Crippen LogP contribution in [-0.4, -0.2) is 32.7 Å². The third-order valence-electron chi connectivity index (χ3n) is 3.44. The zero-order valence-electron chi connectivity index (χ0n) is 13.5. The highest BCUT2D eigenvalue weighted by atomic mass is 79.9. The summed E-state index contributed by atoms with van der Waals surface area (Å²) in [5, 5.41) is 3.47. The van der Waals surface area contributed by atoms with Crippen LogP contribution in [0.25, 0.3) is 0 Å². The summed E-state index contributed by atoms with van der Waals surface area (Å²) in [4.78, 5) is 14.0. The molecule has 0 aliphatic carbocycles. The van der Waals surface area contributed by atoms with Gasteiger partial charge in [-0.15, -0.1) is 0 Å². The fraction of sp³-hybridized carbons (Fsp3) is 0.278. The maximum absolute atomic E-state index is 11.8. The van der Waals surface area contributed by atoms with E-state index >= 15 is 0 Å². The summed E-state index contributed by atoms with van der Waals surface area (Å²) >= 11 is 9.22. The van der Waals surface area contributed by atoms with Crippen molar-refractivity contribution in [3.63, 3.8) is 0 Å². The van der Waals surface area contributed by atoms with Crippen LogP contribution in [0.3, 0.4) is 0 Å². The van der Waals surface area contributed by atoms with Gasteiger partial charge in [-0.25, -0.2) is 0 Å². The number of carbonyl (C=O) groups is 1. The van der Waals surface area contributed by atoms with Gasteiger partial charge in [0.05, 0.1) is 4.47 Å². The first-order chi connectivity index (χ1) is 11.6. The van der Waals surface area contributed by atoms with E-state index in [1.165, 1.54) is 5.69 Å². The SMILES string of the molecule is CN(CCCNC(=O)COc1ccc(Cl)cc1Br)c1ccccc1. The Balaban J connectivity index is 1.65. The number of nitrogens with one attached hydrogen (secondary N) is 1. The number of anilines is 1. The van der Waals surface area contributed by atoms with Gasteiger partial charge in [0, 0.05) is 30.8 Å². The summed E-state index contributed by atoms with van der Waals surface area (Å²) in [5.41, 5.74) is 1.17. The number of carbonyl (C=O) groups excluding carboxylic acids is 1. The van der Waals surface area contributed by atoms with E-state index in [1.807, 2.05) is 25.2 Å². The van der Waals surface area contributed by atoms with Crippen LogP contribution in [-0.2, 0) is 4.79 Å². The Morgan fingerprint density at radius 2 is 2.00 bits per heavy atom. The van der Waals surface area contributed by atoms with Crippen molar-refractivity contribution in [1.29, 1.82) is 0 Å². The molecule has 2 aromatic rings. The van der Waals surface area contributed by atoms with Crippen molar-refractivity contribution in [2.75, 3.05) is 31.6 Å². The minimum atomic E-state index is -0.140. The van der Waals surface area contributed by atoms with Gasteiger partial charge in [-0.05, 0) is 52.7 Å². The summed E-state index contributed by atoms with van der Waals surface area (Å²) < 4.78 is 6.20. The van der Waals surface area contributed by atoms with E-state index in [0.29, 0.717) is 17.3 Å². The molecular weight excluding hydrogens is 392 g/mol. The van der Waals surface area contributed by atoms with Gasteiger partial charge in [0.15, 0.2) is 6.61 Å². The van der Waals surface area contributed by atoms with Gasteiger partial charge in [0.2, 0.25) is 0 Å². The predicted octanol–water partition coefficient (Wildman–Crippen LogP) is 4.12. The second kappa shape index (κ2) is 9.55. The average molecular weight is 412 g/mol. The molecule has 128 valence electrons. The van der Waals surface area contributed by atoms with E-state index in [9.17, 15) is 4.79 Å². The number of rotatable bonds is 8. The van der Waals surface area contributed by atoms with Gasteiger partial charge < -0.3 is 15.0 Å². The second-order valence-electron chi connectivity index (χ2n) is 5.32. The van der Waals surface area contributed by atoms with Crippen molar-refractivity contribution < 1.29 is 9.53 Å². The Kier molecular flexibility index (Phi) is 7.40. The molecule has 0 heterocycles. The Labute approximate surface area is 155 Å². The Hall–Kier alpha value is -1.72. The van der Waals surface area contributed by atoms with Crippen LogP contribution in [0.5, 0.6) is 5.75 Å². The average Bonchev–Trinajstić information content (AvgIpc) is 2.58. The molecular formula is C18H20BrClN2O2. The van der Waals surface area contributed by atoms with Crippen LogP contribution in [0.4, 0.5) is 5.69 Å². The van der Waals surface area contributed by atoms with Gasteiger partial charge in [-0.2, -0.15) is 0 Å². The van der Waals surface area contributed by atoms with E-state index in [-0.39, 0.29) is 12.5 Å². The highest BCUT2D eigenvalue weighted by Gasteiger charge is 2.06. The van der Waals surface area contributed by atoms with Gasteiger partial charge >= 0.3 is 0 Å². The number of ether oxygens (including phenoxy) is 1. The van der Waals surface area contributed by atoms with Crippen LogP contribution in [0.15, 0.2) is 53.0 Å². The molecule has 4 nitrogen and oxygen atoms in total. The highest BCUT2D eigenvalue weighted by Crippen LogP contribution is 2.27. The molecule has 0 saturated heterocycles. The highest BCUT2D eigenvalue weighted by molar-refractivity contribution is 9.10. The smallest absolute Gasteiger partial charge is 0.257 e. The molecule has 1 N–H and O–H groups in total. The molecule has 0 spiro atoms. The lowest BCUT2D eigenvalue weighted by atomic mass is 10.3. The number of hydrogen-bond donors (Lipinski definition) is 1. The number of halogens is 2. The molecule has 0 aliphatic rings. The zero-order valence-corrected chi connectivity index (χ0v) is 15.8. The summed E-state index contributed by atoms with van der Waals surface area (Å²) in [7, 11) is 2.04. The third-order valence-corrected chi connectivity index (χ3v) is 4.30. The van der Waals surface area contributed by atoms with E-state index in [0.717, 1.165) is 17.4 Å². The quantitative estimate of drug-likeness (QED) is 0.664. The molecule has 0 aromatic heterocycles. The monoisotopic (exact) mass is 410 g/mol. The molecule has 2 aromatic carbocycles. The van der Waals surface area contributed by atoms with E-state index in [4.69, 9.17) is 16.3 Å².